The Balaban J connectivity index is 1.94. The smallest absolute Gasteiger partial charge is 0.123 e. The average molecular weight is 286 g/mol. The van der Waals surface area contributed by atoms with Crippen LogP contribution in [-0.2, 0) is 11.3 Å². The summed E-state index contributed by atoms with van der Waals surface area (Å²) in [6.07, 6.45) is 0.975. The fourth-order valence-electron chi connectivity index (χ4n) is 1.99. The van der Waals surface area contributed by atoms with Crippen molar-refractivity contribution < 1.29 is 14.2 Å². The molecule has 0 fully saturated rings. The van der Waals surface area contributed by atoms with E-state index in [0.717, 1.165) is 23.5 Å². The largest absolute Gasteiger partial charge is 0.489 e. The van der Waals surface area contributed by atoms with Gasteiger partial charge in [-0.05, 0) is 24.1 Å². The molecule has 2 aromatic rings. The van der Waals surface area contributed by atoms with Crippen LogP contribution in [0.15, 0.2) is 54.6 Å². The van der Waals surface area contributed by atoms with Crippen LogP contribution in [0.2, 0.25) is 0 Å². The van der Waals surface area contributed by atoms with Crippen LogP contribution in [0.4, 0.5) is 0 Å². The van der Waals surface area contributed by atoms with Crippen molar-refractivity contribution in [2.75, 3.05) is 13.7 Å². The van der Waals surface area contributed by atoms with Gasteiger partial charge in [-0.1, -0.05) is 43.3 Å². The van der Waals surface area contributed by atoms with Crippen molar-refractivity contribution in [3.05, 3.63) is 60.2 Å². The molecule has 3 nitrogen and oxygen atoms in total. The standard InChI is InChI=1S/C18H22O3/c1-3-16(14-19-2)21-18-11-7-10-17(12-18)20-13-15-8-5-4-6-9-15/h4-12,16H,3,13-14H2,1-2H3/t16-/m0/s1. The van der Waals surface area contributed by atoms with Gasteiger partial charge in [-0.25, -0.2) is 0 Å². The molecule has 3 heteroatoms. The molecule has 0 saturated heterocycles. The van der Waals surface area contributed by atoms with Gasteiger partial charge in [0.2, 0.25) is 0 Å². The zero-order valence-electron chi connectivity index (χ0n) is 12.6. The predicted octanol–water partition coefficient (Wildman–Crippen LogP) is 4.07. The Morgan fingerprint density at radius 3 is 2.43 bits per heavy atom. The molecule has 21 heavy (non-hydrogen) atoms. The molecule has 0 saturated carbocycles. The number of ether oxygens (including phenoxy) is 3. The Bertz CT molecular complexity index is 525. The number of hydrogen-bond acceptors (Lipinski definition) is 3. The fraction of sp³-hybridized carbons (Fsp3) is 0.333. The molecule has 0 aliphatic heterocycles. The Kier molecular flexibility index (Phi) is 6.10. The topological polar surface area (TPSA) is 27.7 Å². The highest BCUT2D eigenvalue weighted by Gasteiger charge is 2.08. The lowest BCUT2D eigenvalue weighted by Gasteiger charge is -2.17. The molecule has 0 radical (unpaired) electrons. The first-order chi connectivity index (χ1) is 10.3. The monoisotopic (exact) mass is 286 g/mol. The Morgan fingerprint density at radius 1 is 0.952 bits per heavy atom. The van der Waals surface area contributed by atoms with Crippen molar-refractivity contribution in [1.82, 2.24) is 0 Å². The van der Waals surface area contributed by atoms with E-state index in [0.29, 0.717) is 13.2 Å². The molecule has 0 bridgehead atoms. The molecule has 0 spiro atoms. The second kappa shape index (κ2) is 8.32. The maximum Gasteiger partial charge on any atom is 0.123 e. The molecule has 0 aromatic heterocycles. The van der Waals surface area contributed by atoms with Crippen LogP contribution in [0.5, 0.6) is 11.5 Å². The summed E-state index contributed by atoms with van der Waals surface area (Å²) in [7, 11) is 1.69. The summed E-state index contributed by atoms with van der Waals surface area (Å²) in [6.45, 7) is 3.23. The van der Waals surface area contributed by atoms with E-state index in [4.69, 9.17) is 14.2 Å². The molecule has 0 aliphatic carbocycles. The van der Waals surface area contributed by atoms with E-state index in [1.54, 1.807) is 7.11 Å². The number of rotatable bonds is 8. The molecule has 112 valence electrons. The quantitative estimate of drug-likeness (QED) is 0.732. The second-order valence-electron chi connectivity index (χ2n) is 4.85. The Labute approximate surface area is 126 Å². The third-order valence-corrected chi connectivity index (χ3v) is 3.16. The van der Waals surface area contributed by atoms with Crippen molar-refractivity contribution in [3.63, 3.8) is 0 Å². The van der Waals surface area contributed by atoms with Gasteiger partial charge < -0.3 is 14.2 Å². The van der Waals surface area contributed by atoms with Gasteiger partial charge in [0.25, 0.3) is 0 Å². The van der Waals surface area contributed by atoms with Gasteiger partial charge in [-0.2, -0.15) is 0 Å². The summed E-state index contributed by atoms with van der Waals surface area (Å²) in [5.41, 5.74) is 1.15. The highest BCUT2D eigenvalue weighted by molar-refractivity contribution is 5.33. The number of methoxy groups -OCH3 is 1. The molecule has 0 N–H and O–H groups in total. The van der Waals surface area contributed by atoms with Crippen LogP contribution >= 0.6 is 0 Å². The molecular weight excluding hydrogens is 264 g/mol. The lowest BCUT2D eigenvalue weighted by molar-refractivity contribution is 0.0785. The molecule has 2 rings (SSSR count). The van der Waals surface area contributed by atoms with Gasteiger partial charge in [0.05, 0.1) is 6.61 Å². The normalized spacial score (nSPS) is 11.9. The molecule has 1 atom stereocenters. The maximum atomic E-state index is 5.89. The number of hydrogen-bond donors (Lipinski definition) is 0. The van der Waals surface area contributed by atoms with Crippen molar-refractivity contribution in [2.24, 2.45) is 0 Å². The van der Waals surface area contributed by atoms with E-state index in [1.807, 2.05) is 54.6 Å². The minimum atomic E-state index is 0.0689. The summed E-state index contributed by atoms with van der Waals surface area (Å²) in [4.78, 5) is 0. The summed E-state index contributed by atoms with van der Waals surface area (Å²) >= 11 is 0. The van der Waals surface area contributed by atoms with Crippen LogP contribution in [0.3, 0.4) is 0 Å². The van der Waals surface area contributed by atoms with Crippen molar-refractivity contribution in [1.29, 1.82) is 0 Å². The van der Waals surface area contributed by atoms with E-state index >= 15 is 0 Å². The first kappa shape index (κ1) is 15.4. The Morgan fingerprint density at radius 2 is 1.71 bits per heavy atom. The van der Waals surface area contributed by atoms with Crippen LogP contribution in [-0.4, -0.2) is 19.8 Å². The lowest BCUT2D eigenvalue weighted by atomic mass is 10.2. The number of benzene rings is 2. The zero-order valence-corrected chi connectivity index (χ0v) is 12.6. The summed E-state index contributed by atoms with van der Waals surface area (Å²) in [6, 6.07) is 17.8. The van der Waals surface area contributed by atoms with Crippen molar-refractivity contribution in [2.45, 2.75) is 26.1 Å². The third kappa shape index (κ3) is 5.12. The minimum absolute atomic E-state index is 0.0689. The highest BCUT2D eigenvalue weighted by atomic mass is 16.5. The van der Waals surface area contributed by atoms with Crippen molar-refractivity contribution >= 4 is 0 Å². The molecule has 0 heterocycles. The van der Waals surface area contributed by atoms with Gasteiger partial charge in [0.1, 0.15) is 24.2 Å². The molecule has 0 unspecified atom stereocenters. The molecule has 0 aliphatic rings. The van der Waals surface area contributed by atoms with Gasteiger partial charge >= 0.3 is 0 Å². The molecular formula is C18H22O3. The second-order valence-corrected chi connectivity index (χ2v) is 4.85. The first-order valence-corrected chi connectivity index (χ1v) is 7.24. The van der Waals surface area contributed by atoms with Gasteiger partial charge in [-0.3, -0.25) is 0 Å². The first-order valence-electron chi connectivity index (χ1n) is 7.24. The summed E-state index contributed by atoms with van der Waals surface area (Å²) < 4.78 is 16.8. The van der Waals surface area contributed by atoms with Crippen LogP contribution in [0.1, 0.15) is 18.9 Å². The fourth-order valence-corrected chi connectivity index (χ4v) is 1.99. The average Bonchev–Trinajstić information content (AvgIpc) is 2.54. The van der Waals surface area contributed by atoms with Gasteiger partial charge in [0, 0.05) is 13.2 Å². The van der Waals surface area contributed by atoms with E-state index < -0.39 is 0 Å². The summed E-state index contributed by atoms with van der Waals surface area (Å²) in [5.74, 6) is 1.62. The van der Waals surface area contributed by atoms with Crippen molar-refractivity contribution in [3.8, 4) is 11.5 Å². The minimum Gasteiger partial charge on any atom is -0.489 e. The van der Waals surface area contributed by atoms with E-state index in [-0.39, 0.29) is 6.10 Å². The van der Waals surface area contributed by atoms with Crippen LogP contribution in [0, 0.1) is 0 Å². The lowest BCUT2D eigenvalue weighted by Crippen LogP contribution is -2.21. The van der Waals surface area contributed by atoms with Gasteiger partial charge in [-0.15, -0.1) is 0 Å². The summed E-state index contributed by atoms with van der Waals surface area (Å²) in [5, 5.41) is 0. The SMILES string of the molecule is CC[C@@H](COC)Oc1cccc(OCc2ccccc2)c1. The van der Waals surface area contributed by atoms with Gasteiger partial charge in [0.15, 0.2) is 0 Å². The Hall–Kier alpha value is -2.00. The highest BCUT2D eigenvalue weighted by Crippen LogP contribution is 2.22. The molecule has 2 aromatic carbocycles. The maximum absolute atomic E-state index is 5.89. The zero-order chi connectivity index (χ0) is 14.9. The third-order valence-electron chi connectivity index (χ3n) is 3.16. The van der Waals surface area contributed by atoms with E-state index in [2.05, 4.69) is 6.92 Å². The molecule has 0 amide bonds. The van der Waals surface area contributed by atoms with E-state index in [1.165, 1.54) is 0 Å². The van der Waals surface area contributed by atoms with E-state index in [9.17, 15) is 0 Å². The van der Waals surface area contributed by atoms with Crippen LogP contribution < -0.4 is 9.47 Å². The van der Waals surface area contributed by atoms with Crippen LogP contribution in [0.25, 0.3) is 0 Å². The predicted molar refractivity (Wildman–Crippen MR) is 83.8 cm³/mol.